The molecule has 0 atom stereocenters. The van der Waals surface area contributed by atoms with E-state index in [0.717, 1.165) is 18.4 Å². The van der Waals surface area contributed by atoms with Crippen molar-refractivity contribution in [3.05, 3.63) is 29.8 Å². The summed E-state index contributed by atoms with van der Waals surface area (Å²) in [5.74, 6) is 0.450. The van der Waals surface area contributed by atoms with E-state index in [0.29, 0.717) is 31.2 Å². The van der Waals surface area contributed by atoms with Crippen molar-refractivity contribution < 1.29 is 8.42 Å². The van der Waals surface area contributed by atoms with Crippen LogP contribution in [0.4, 0.5) is 5.69 Å². The maximum absolute atomic E-state index is 12.6. The molecule has 112 valence electrons. The average Bonchev–Trinajstić information content (AvgIpc) is 2.47. The molecular weight excluding hydrogens is 274 g/mol. The lowest BCUT2D eigenvalue weighted by Crippen LogP contribution is -2.46. The van der Waals surface area contributed by atoms with Gasteiger partial charge in [0.1, 0.15) is 0 Å². The zero-order valence-corrected chi connectivity index (χ0v) is 12.9. The number of hydrogen-bond donors (Lipinski definition) is 1. The maximum atomic E-state index is 12.6. The van der Waals surface area contributed by atoms with Gasteiger partial charge in [-0.15, -0.1) is 0 Å². The largest absolute Gasteiger partial charge is 0.330 e. The Bertz CT molecular complexity index is 534. The summed E-state index contributed by atoms with van der Waals surface area (Å²) in [5, 5.41) is 0. The minimum absolute atomic E-state index is 0.450. The fourth-order valence-electron chi connectivity index (χ4n) is 2.44. The first kappa shape index (κ1) is 15.3. The Morgan fingerprint density at radius 3 is 2.30 bits per heavy atom. The second-order valence-corrected chi connectivity index (χ2v) is 7.35. The smallest absolute Gasteiger partial charge is 0.303 e. The molecule has 0 radical (unpaired) electrons. The van der Waals surface area contributed by atoms with Crippen molar-refractivity contribution in [2.45, 2.75) is 19.8 Å². The topological polar surface area (TPSA) is 66.6 Å². The van der Waals surface area contributed by atoms with Crippen LogP contribution in [0.5, 0.6) is 0 Å². The van der Waals surface area contributed by atoms with Crippen LogP contribution >= 0.6 is 0 Å². The lowest BCUT2D eigenvalue weighted by molar-refractivity contribution is 0.278. The van der Waals surface area contributed by atoms with Gasteiger partial charge in [0, 0.05) is 20.1 Å². The molecule has 1 heterocycles. The number of anilines is 1. The van der Waals surface area contributed by atoms with Gasteiger partial charge in [-0.25, -0.2) is 0 Å². The molecule has 1 aliphatic rings. The van der Waals surface area contributed by atoms with E-state index in [1.54, 1.807) is 11.4 Å². The van der Waals surface area contributed by atoms with Gasteiger partial charge in [0.15, 0.2) is 0 Å². The third-order valence-electron chi connectivity index (χ3n) is 3.98. The second kappa shape index (κ2) is 6.11. The van der Waals surface area contributed by atoms with E-state index in [2.05, 4.69) is 0 Å². The van der Waals surface area contributed by atoms with E-state index in [1.807, 2.05) is 31.2 Å². The van der Waals surface area contributed by atoms with Gasteiger partial charge in [0.2, 0.25) is 0 Å². The van der Waals surface area contributed by atoms with E-state index in [1.165, 1.54) is 4.31 Å². The zero-order chi connectivity index (χ0) is 14.8. The first-order valence-corrected chi connectivity index (χ1v) is 8.35. The third kappa shape index (κ3) is 3.13. The van der Waals surface area contributed by atoms with Crippen molar-refractivity contribution in [2.75, 3.05) is 31.0 Å². The predicted octanol–water partition coefficient (Wildman–Crippen LogP) is 1.35. The molecule has 0 spiro atoms. The van der Waals surface area contributed by atoms with Crippen molar-refractivity contribution in [3.63, 3.8) is 0 Å². The summed E-state index contributed by atoms with van der Waals surface area (Å²) in [6, 6.07) is 7.50. The molecule has 1 aromatic carbocycles. The van der Waals surface area contributed by atoms with Crippen LogP contribution in [0.1, 0.15) is 18.4 Å². The summed E-state index contributed by atoms with van der Waals surface area (Å²) in [6.07, 6.45) is 1.69. The Kier molecular flexibility index (Phi) is 4.67. The first-order valence-electron chi connectivity index (χ1n) is 6.96. The molecule has 2 rings (SSSR count). The predicted molar refractivity (Wildman–Crippen MR) is 81.9 cm³/mol. The lowest BCUT2D eigenvalue weighted by atomic mass is 9.99. The van der Waals surface area contributed by atoms with E-state index < -0.39 is 10.2 Å². The fourth-order valence-corrected chi connectivity index (χ4v) is 3.84. The molecular formula is C14H23N3O2S. The first-order chi connectivity index (χ1) is 9.45. The van der Waals surface area contributed by atoms with Crippen LogP contribution < -0.4 is 10.0 Å². The van der Waals surface area contributed by atoms with Crippen LogP contribution in [-0.2, 0) is 10.2 Å². The highest BCUT2D eigenvalue weighted by atomic mass is 32.2. The van der Waals surface area contributed by atoms with Crippen LogP contribution in [-0.4, -0.2) is 39.4 Å². The molecule has 0 aromatic heterocycles. The lowest BCUT2D eigenvalue weighted by Gasteiger charge is -2.34. The summed E-state index contributed by atoms with van der Waals surface area (Å²) in [4.78, 5) is 0. The molecule has 0 unspecified atom stereocenters. The zero-order valence-electron chi connectivity index (χ0n) is 12.1. The Labute approximate surface area is 121 Å². The molecule has 20 heavy (non-hydrogen) atoms. The van der Waals surface area contributed by atoms with Crippen LogP contribution in [0.3, 0.4) is 0 Å². The van der Waals surface area contributed by atoms with Crippen LogP contribution in [0.15, 0.2) is 24.3 Å². The van der Waals surface area contributed by atoms with Gasteiger partial charge in [0.05, 0.1) is 5.69 Å². The van der Waals surface area contributed by atoms with E-state index >= 15 is 0 Å². The van der Waals surface area contributed by atoms with Gasteiger partial charge in [-0.1, -0.05) is 17.7 Å². The highest BCUT2D eigenvalue weighted by molar-refractivity contribution is 7.90. The summed E-state index contributed by atoms with van der Waals surface area (Å²) in [5.41, 5.74) is 7.45. The van der Waals surface area contributed by atoms with Crippen LogP contribution in [0.25, 0.3) is 0 Å². The maximum Gasteiger partial charge on any atom is 0.303 e. The van der Waals surface area contributed by atoms with Crippen molar-refractivity contribution >= 4 is 15.9 Å². The minimum Gasteiger partial charge on any atom is -0.330 e. The molecule has 0 aliphatic carbocycles. The van der Waals surface area contributed by atoms with Gasteiger partial charge in [-0.2, -0.15) is 12.7 Å². The number of nitrogens with zero attached hydrogens (tertiary/aromatic N) is 2. The average molecular weight is 297 g/mol. The Morgan fingerprint density at radius 1 is 1.25 bits per heavy atom. The highest BCUT2D eigenvalue weighted by Gasteiger charge is 2.30. The number of benzene rings is 1. The molecule has 1 aliphatic heterocycles. The molecule has 1 saturated heterocycles. The number of rotatable bonds is 4. The van der Waals surface area contributed by atoms with Gasteiger partial charge in [0.25, 0.3) is 0 Å². The van der Waals surface area contributed by atoms with Crippen molar-refractivity contribution in [3.8, 4) is 0 Å². The quantitative estimate of drug-likeness (QED) is 0.912. The monoisotopic (exact) mass is 297 g/mol. The van der Waals surface area contributed by atoms with Crippen LogP contribution in [0, 0.1) is 12.8 Å². The van der Waals surface area contributed by atoms with Crippen LogP contribution in [0.2, 0.25) is 0 Å². The van der Waals surface area contributed by atoms with Gasteiger partial charge >= 0.3 is 10.2 Å². The number of aryl methyl sites for hydroxylation is 1. The number of hydrogen-bond acceptors (Lipinski definition) is 3. The summed E-state index contributed by atoms with van der Waals surface area (Å²) < 4.78 is 28.1. The number of nitrogens with two attached hydrogens (primary N) is 1. The molecule has 2 N–H and O–H groups in total. The summed E-state index contributed by atoms with van der Waals surface area (Å²) >= 11 is 0. The van der Waals surface area contributed by atoms with Gasteiger partial charge in [-0.05, 0) is 44.4 Å². The van der Waals surface area contributed by atoms with Gasteiger partial charge in [-0.3, -0.25) is 4.31 Å². The fraction of sp³-hybridized carbons (Fsp3) is 0.571. The SMILES string of the molecule is Cc1ccc(N(C)S(=O)(=O)N2CCC(CN)CC2)cc1. The molecule has 0 bridgehead atoms. The Balaban J connectivity index is 2.12. The van der Waals surface area contributed by atoms with Crippen molar-refractivity contribution in [1.82, 2.24) is 4.31 Å². The third-order valence-corrected chi connectivity index (χ3v) is 5.90. The van der Waals surface area contributed by atoms with Gasteiger partial charge < -0.3 is 5.73 Å². The molecule has 0 saturated carbocycles. The van der Waals surface area contributed by atoms with Crippen molar-refractivity contribution in [2.24, 2.45) is 11.7 Å². The molecule has 0 amide bonds. The summed E-state index contributed by atoms with van der Waals surface area (Å²) in [6.45, 7) is 3.73. The molecule has 5 nitrogen and oxygen atoms in total. The van der Waals surface area contributed by atoms with E-state index in [4.69, 9.17) is 5.73 Å². The van der Waals surface area contributed by atoms with E-state index in [-0.39, 0.29) is 0 Å². The van der Waals surface area contributed by atoms with Crippen molar-refractivity contribution in [1.29, 1.82) is 0 Å². The summed E-state index contributed by atoms with van der Waals surface area (Å²) in [7, 11) is -1.83. The number of piperidine rings is 1. The van der Waals surface area contributed by atoms with E-state index in [9.17, 15) is 8.42 Å². The normalized spacial score (nSPS) is 18.1. The highest BCUT2D eigenvalue weighted by Crippen LogP contribution is 2.23. The second-order valence-electron chi connectivity index (χ2n) is 5.39. The minimum atomic E-state index is -3.43. The molecule has 6 heteroatoms. The molecule has 1 fully saturated rings. The standard InChI is InChI=1S/C14H23N3O2S/c1-12-3-5-14(6-4-12)16(2)20(18,19)17-9-7-13(11-15)8-10-17/h3-6,13H,7-11,15H2,1-2H3. The Hall–Kier alpha value is -1.11. The Morgan fingerprint density at radius 2 is 1.80 bits per heavy atom. The molecule has 1 aromatic rings.